The lowest BCUT2D eigenvalue weighted by Crippen LogP contribution is -2.27. The molecule has 0 radical (unpaired) electrons. The molecule has 0 fully saturated rings. The molecule has 0 saturated heterocycles. The van der Waals surface area contributed by atoms with E-state index in [1.807, 2.05) is 45.1 Å². The standard InChI is InChI=1S/C13H18N4O2/c1-8-6-11-15-10(7-17(11)9(2)14-8)16-12(18)19-13(3,4)5/h6-7H,1-5H3,(H,16,18). The second-order valence-corrected chi connectivity index (χ2v) is 5.43. The molecule has 0 aliphatic heterocycles. The number of amides is 1. The van der Waals surface area contributed by atoms with Gasteiger partial charge in [-0.3, -0.25) is 9.72 Å². The van der Waals surface area contributed by atoms with Gasteiger partial charge in [-0.2, -0.15) is 0 Å². The summed E-state index contributed by atoms with van der Waals surface area (Å²) in [4.78, 5) is 20.3. The van der Waals surface area contributed by atoms with E-state index in [2.05, 4.69) is 15.3 Å². The molecule has 0 saturated carbocycles. The molecule has 2 heterocycles. The SMILES string of the molecule is Cc1cc2nc(NC(=O)OC(C)(C)C)cn2c(C)n1. The number of hydrogen-bond acceptors (Lipinski definition) is 4. The van der Waals surface area contributed by atoms with Crippen molar-refractivity contribution in [2.45, 2.75) is 40.2 Å². The number of anilines is 1. The molecule has 6 nitrogen and oxygen atoms in total. The minimum Gasteiger partial charge on any atom is -0.444 e. The van der Waals surface area contributed by atoms with Gasteiger partial charge in [-0.05, 0) is 34.6 Å². The quantitative estimate of drug-likeness (QED) is 0.858. The number of imidazole rings is 1. The third kappa shape index (κ3) is 3.21. The molecule has 0 aliphatic carbocycles. The minimum atomic E-state index is -0.530. The van der Waals surface area contributed by atoms with E-state index in [-0.39, 0.29) is 0 Å². The first-order valence-corrected chi connectivity index (χ1v) is 6.08. The van der Waals surface area contributed by atoms with Crippen molar-refractivity contribution in [1.29, 1.82) is 0 Å². The van der Waals surface area contributed by atoms with Crippen molar-refractivity contribution in [1.82, 2.24) is 14.4 Å². The highest BCUT2D eigenvalue weighted by molar-refractivity contribution is 5.84. The molecule has 19 heavy (non-hydrogen) atoms. The number of fused-ring (bicyclic) bond motifs is 1. The second-order valence-electron chi connectivity index (χ2n) is 5.43. The molecule has 1 N–H and O–H groups in total. The van der Waals surface area contributed by atoms with E-state index >= 15 is 0 Å². The molecule has 6 heteroatoms. The fourth-order valence-electron chi connectivity index (χ4n) is 1.75. The van der Waals surface area contributed by atoms with Crippen molar-refractivity contribution < 1.29 is 9.53 Å². The van der Waals surface area contributed by atoms with Gasteiger partial charge in [-0.25, -0.2) is 14.8 Å². The first kappa shape index (κ1) is 13.3. The van der Waals surface area contributed by atoms with Crippen LogP contribution in [-0.2, 0) is 4.74 Å². The van der Waals surface area contributed by atoms with E-state index in [1.165, 1.54) is 0 Å². The Morgan fingerprint density at radius 2 is 2.00 bits per heavy atom. The topological polar surface area (TPSA) is 68.5 Å². The molecular weight excluding hydrogens is 244 g/mol. The number of nitrogens with one attached hydrogen (secondary N) is 1. The Labute approximate surface area is 111 Å². The molecule has 2 aromatic heterocycles. The summed E-state index contributed by atoms with van der Waals surface area (Å²) in [5, 5.41) is 2.61. The summed E-state index contributed by atoms with van der Waals surface area (Å²) in [6.07, 6.45) is 1.21. The third-order valence-corrected chi connectivity index (χ3v) is 2.39. The maximum atomic E-state index is 11.7. The Morgan fingerprint density at radius 3 is 2.63 bits per heavy atom. The van der Waals surface area contributed by atoms with Crippen LogP contribution in [0.25, 0.3) is 5.65 Å². The number of nitrogens with zero attached hydrogens (tertiary/aromatic N) is 3. The molecule has 0 aliphatic rings. The van der Waals surface area contributed by atoms with E-state index < -0.39 is 11.7 Å². The molecular formula is C13H18N4O2. The summed E-state index contributed by atoms with van der Waals surface area (Å²) in [6, 6.07) is 1.85. The molecule has 2 aromatic rings. The van der Waals surface area contributed by atoms with Crippen LogP contribution in [0.3, 0.4) is 0 Å². The van der Waals surface area contributed by atoms with E-state index in [1.54, 1.807) is 6.20 Å². The van der Waals surface area contributed by atoms with Crippen LogP contribution < -0.4 is 5.32 Å². The van der Waals surface area contributed by atoms with Gasteiger partial charge in [0.1, 0.15) is 17.1 Å². The van der Waals surface area contributed by atoms with E-state index in [9.17, 15) is 4.79 Å². The average Bonchev–Trinajstić information content (AvgIpc) is 2.56. The number of ether oxygens (including phenoxy) is 1. The van der Waals surface area contributed by atoms with Crippen LogP contribution in [0.1, 0.15) is 32.3 Å². The van der Waals surface area contributed by atoms with Crippen LogP contribution >= 0.6 is 0 Å². The highest BCUT2D eigenvalue weighted by Crippen LogP contribution is 2.14. The highest BCUT2D eigenvalue weighted by atomic mass is 16.6. The number of hydrogen-bond donors (Lipinski definition) is 1. The third-order valence-electron chi connectivity index (χ3n) is 2.39. The van der Waals surface area contributed by atoms with Gasteiger partial charge >= 0.3 is 6.09 Å². The van der Waals surface area contributed by atoms with Gasteiger partial charge in [0.15, 0.2) is 5.82 Å². The summed E-state index contributed by atoms with van der Waals surface area (Å²) in [7, 11) is 0. The average molecular weight is 262 g/mol. The van der Waals surface area contributed by atoms with Gasteiger partial charge in [0.2, 0.25) is 0 Å². The smallest absolute Gasteiger partial charge is 0.413 e. The zero-order valence-electron chi connectivity index (χ0n) is 11.8. The molecule has 0 bridgehead atoms. The van der Waals surface area contributed by atoms with Crippen molar-refractivity contribution in [2.24, 2.45) is 0 Å². The zero-order valence-corrected chi connectivity index (χ0v) is 11.8. The van der Waals surface area contributed by atoms with Crippen molar-refractivity contribution in [3.05, 3.63) is 23.8 Å². The monoisotopic (exact) mass is 262 g/mol. The van der Waals surface area contributed by atoms with Gasteiger partial charge in [0.25, 0.3) is 0 Å². The van der Waals surface area contributed by atoms with Crippen molar-refractivity contribution in [2.75, 3.05) is 5.32 Å². The summed E-state index contributed by atoms with van der Waals surface area (Å²) in [6.45, 7) is 9.23. The van der Waals surface area contributed by atoms with Crippen LogP contribution in [0.2, 0.25) is 0 Å². The zero-order chi connectivity index (χ0) is 14.2. The van der Waals surface area contributed by atoms with Crippen LogP contribution in [0.5, 0.6) is 0 Å². The van der Waals surface area contributed by atoms with Crippen molar-refractivity contribution >= 4 is 17.6 Å². The van der Waals surface area contributed by atoms with Gasteiger partial charge in [-0.1, -0.05) is 0 Å². The predicted molar refractivity (Wildman–Crippen MR) is 72.3 cm³/mol. The molecule has 1 amide bonds. The summed E-state index contributed by atoms with van der Waals surface area (Å²) in [5.41, 5.74) is 1.10. The van der Waals surface area contributed by atoms with Gasteiger partial charge in [0, 0.05) is 11.8 Å². The first-order chi connectivity index (χ1) is 8.74. The lowest BCUT2D eigenvalue weighted by atomic mass is 10.2. The summed E-state index contributed by atoms with van der Waals surface area (Å²) in [5.74, 6) is 1.27. The highest BCUT2D eigenvalue weighted by Gasteiger charge is 2.17. The lowest BCUT2D eigenvalue weighted by Gasteiger charge is -2.18. The van der Waals surface area contributed by atoms with Gasteiger partial charge in [0.05, 0.1) is 6.20 Å². The van der Waals surface area contributed by atoms with Crippen LogP contribution in [0, 0.1) is 13.8 Å². The Balaban J connectivity index is 2.23. The van der Waals surface area contributed by atoms with Crippen molar-refractivity contribution in [3.8, 4) is 0 Å². The largest absolute Gasteiger partial charge is 0.444 e. The molecule has 0 aromatic carbocycles. The molecule has 0 spiro atoms. The fraction of sp³-hybridized carbons (Fsp3) is 0.462. The normalized spacial score (nSPS) is 11.6. The van der Waals surface area contributed by atoms with E-state index in [4.69, 9.17) is 4.74 Å². The number of carbonyl (C=O) groups excluding carboxylic acids is 1. The van der Waals surface area contributed by atoms with Gasteiger partial charge < -0.3 is 4.74 Å². The van der Waals surface area contributed by atoms with E-state index in [0.717, 1.165) is 17.2 Å². The Hall–Kier alpha value is -2.11. The molecule has 0 atom stereocenters. The predicted octanol–water partition coefficient (Wildman–Crippen LogP) is 2.69. The first-order valence-electron chi connectivity index (χ1n) is 6.08. The molecule has 0 unspecified atom stereocenters. The Morgan fingerprint density at radius 1 is 1.32 bits per heavy atom. The number of carbonyl (C=O) groups is 1. The fourth-order valence-corrected chi connectivity index (χ4v) is 1.75. The number of rotatable bonds is 1. The van der Waals surface area contributed by atoms with Crippen LogP contribution in [-0.4, -0.2) is 26.1 Å². The molecule has 2 rings (SSSR count). The Kier molecular flexibility index (Phi) is 3.18. The number of aryl methyl sites for hydroxylation is 2. The minimum absolute atomic E-state index is 0.449. The second kappa shape index (κ2) is 4.53. The lowest BCUT2D eigenvalue weighted by molar-refractivity contribution is 0.0635. The van der Waals surface area contributed by atoms with Crippen molar-refractivity contribution in [3.63, 3.8) is 0 Å². The van der Waals surface area contributed by atoms with E-state index in [0.29, 0.717) is 5.82 Å². The maximum absolute atomic E-state index is 11.7. The maximum Gasteiger partial charge on any atom is 0.413 e. The number of aromatic nitrogens is 3. The molecule has 102 valence electrons. The summed E-state index contributed by atoms with van der Waals surface area (Å²) >= 11 is 0. The summed E-state index contributed by atoms with van der Waals surface area (Å²) < 4.78 is 7.00. The van der Waals surface area contributed by atoms with Crippen LogP contribution in [0.4, 0.5) is 10.6 Å². The Bertz CT molecular complexity index is 625. The van der Waals surface area contributed by atoms with Crippen LogP contribution in [0.15, 0.2) is 12.3 Å². The van der Waals surface area contributed by atoms with Gasteiger partial charge in [-0.15, -0.1) is 0 Å².